The lowest BCUT2D eigenvalue weighted by molar-refractivity contribution is 0.667. The van der Waals surface area contributed by atoms with Crippen molar-refractivity contribution in [3.63, 3.8) is 0 Å². The minimum absolute atomic E-state index is 0.158. The molecule has 0 fully saturated rings. The van der Waals surface area contributed by atoms with Crippen LogP contribution in [-0.2, 0) is 5.41 Å². The molecule has 0 atom stereocenters. The summed E-state index contributed by atoms with van der Waals surface area (Å²) in [6.45, 7) is 4.86. The van der Waals surface area contributed by atoms with E-state index in [9.17, 15) is 0 Å². The molecule has 9 aromatic carbocycles. The van der Waals surface area contributed by atoms with Crippen LogP contribution in [0.2, 0.25) is 0 Å². The fraction of sp³-hybridized carbons (Fsp3) is 0.0588. The highest BCUT2D eigenvalue weighted by Crippen LogP contribution is 2.57. The summed E-state index contributed by atoms with van der Waals surface area (Å²) in [6, 6.07) is 63.2. The van der Waals surface area contributed by atoms with Gasteiger partial charge in [-0.1, -0.05) is 166 Å². The van der Waals surface area contributed by atoms with Gasteiger partial charge in [0.05, 0.1) is 0 Å². The van der Waals surface area contributed by atoms with E-state index in [4.69, 9.17) is 0 Å². The average Bonchev–Trinajstić information content (AvgIpc) is 3.70. The van der Waals surface area contributed by atoms with Gasteiger partial charge in [0, 0.05) is 25.6 Å². The largest absolute Gasteiger partial charge is 0.135 e. The van der Waals surface area contributed by atoms with Crippen LogP contribution < -0.4 is 0 Å². The summed E-state index contributed by atoms with van der Waals surface area (Å²) in [7, 11) is 0. The van der Waals surface area contributed by atoms with Gasteiger partial charge in [0.25, 0.3) is 0 Å². The summed E-state index contributed by atoms with van der Waals surface area (Å²) < 4.78 is 2.75. The van der Waals surface area contributed by atoms with Crippen molar-refractivity contribution in [3.8, 4) is 44.5 Å². The van der Waals surface area contributed by atoms with Crippen molar-refractivity contribution in [3.05, 3.63) is 181 Å². The lowest BCUT2D eigenvalue weighted by Crippen LogP contribution is -2.15. The second kappa shape index (κ2) is 11.0. The summed E-state index contributed by atoms with van der Waals surface area (Å²) in [6.07, 6.45) is 0. The van der Waals surface area contributed by atoms with Gasteiger partial charge in [-0.3, -0.25) is 0 Å². The van der Waals surface area contributed by atoms with Crippen molar-refractivity contribution < 1.29 is 0 Å². The van der Waals surface area contributed by atoms with Crippen molar-refractivity contribution >= 4 is 63.8 Å². The zero-order valence-corrected chi connectivity index (χ0v) is 29.9. The van der Waals surface area contributed by atoms with Crippen LogP contribution in [0.3, 0.4) is 0 Å². The molecule has 0 bridgehead atoms. The molecule has 0 saturated heterocycles. The second-order valence-electron chi connectivity index (χ2n) is 14.8. The van der Waals surface area contributed by atoms with Crippen molar-refractivity contribution in [1.82, 2.24) is 0 Å². The topological polar surface area (TPSA) is 0 Å². The molecule has 1 aliphatic carbocycles. The minimum atomic E-state index is -0.158. The van der Waals surface area contributed by atoms with E-state index in [1.165, 1.54) is 108 Å². The molecule has 1 heteroatoms. The second-order valence-corrected chi connectivity index (χ2v) is 15.8. The lowest BCUT2D eigenvalue weighted by atomic mass is 9.79. The average molecular weight is 679 g/mol. The van der Waals surface area contributed by atoms with Crippen molar-refractivity contribution in [1.29, 1.82) is 0 Å². The smallest absolute Gasteiger partial charge is 0.0440 e. The van der Waals surface area contributed by atoms with Gasteiger partial charge in [-0.15, -0.1) is 11.3 Å². The third-order valence-corrected chi connectivity index (χ3v) is 12.8. The van der Waals surface area contributed by atoms with Crippen LogP contribution in [0.5, 0.6) is 0 Å². The Bertz CT molecular complexity index is 3030. The van der Waals surface area contributed by atoms with E-state index in [-0.39, 0.29) is 5.41 Å². The molecule has 0 nitrogen and oxygen atoms in total. The van der Waals surface area contributed by atoms with Crippen LogP contribution in [-0.4, -0.2) is 0 Å². The van der Waals surface area contributed by atoms with Crippen LogP contribution in [0.25, 0.3) is 97.0 Å². The molecule has 10 aromatic rings. The molecule has 11 rings (SSSR count). The predicted molar refractivity (Wildman–Crippen MR) is 226 cm³/mol. The summed E-state index contributed by atoms with van der Waals surface area (Å²) in [5.74, 6) is 0. The maximum absolute atomic E-state index is 2.48. The summed E-state index contributed by atoms with van der Waals surface area (Å²) >= 11 is 1.93. The Hall–Kier alpha value is -6.02. The standard InChI is InChI=1S/C51H34S/c1-51(2)43-30-33(27-28-41(43)47-48-42-25-12-13-26-44(42)52-50(48)40-24-11-10-23-39(40)49(47)51)32-17-14-18-34(29-32)46-37-21-8-6-19-35(37)45(31-15-4-3-5-16-31)36-20-7-9-22-38(36)46/h3-30H,1-2H3. The zero-order valence-electron chi connectivity index (χ0n) is 29.1. The van der Waals surface area contributed by atoms with Crippen LogP contribution in [0.15, 0.2) is 170 Å². The van der Waals surface area contributed by atoms with E-state index in [0.717, 1.165) is 0 Å². The van der Waals surface area contributed by atoms with Crippen molar-refractivity contribution in [2.75, 3.05) is 0 Å². The molecule has 0 radical (unpaired) electrons. The van der Waals surface area contributed by atoms with Gasteiger partial charge in [-0.05, 0) is 106 Å². The molecule has 0 unspecified atom stereocenters. The van der Waals surface area contributed by atoms with Gasteiger partial charge >= 0.3 is 0 Å². The number of fused-ring (bicyclic) bond motifs is 12. The third-order valence-electron chi connectivity index (χ3n) is 11.6. The third kappa shape index (κ3) is 4.09. The highest BCUT2D eigenvalue weighted by atomic mass is 32.1. The Morgan fingerprint density at radius 3 is 1.60 bits per heavy atom. The van der Waals surface area contributed by atoms with Crippen LogP contribution in [0.1, 0.15) is 25.0 Å². The molecule has 52 heavy (non-hydrogen) atoms. The molecule has 0 spiro atoms. The van der Waals surface area contributed by atoms with E-state index < -0.39 is 0 Å². The highest BCUT2D eigenvalue weighted by Gasteiger charge is 2.39. The first kappa shape index (κ1) is 29.7. The molecule has 0 amide bonds. The fourth-order valence-electron chi connectivity index (χ4n) is 9.36. The van der Waals surface area contributed by atoms with Crippen LogP contribution in [0.4, 0.5) is 0 Å². The quantitative estimate of drug-likeness (QED) is 0.163. The maximum Gasteiger partial charge on any atom is 0.0440 e. The van der Waals surface area contributed by atoms with E-state index in [2.05, 4.69) is 184 Å². The monoisotopic (exact) mass is 678 g/mol. The van der Waals surface area contributed by atoms with E-state index in [0.29, 0.717) is 0 Å². The molecule has 244 valence electrons. The number of benzene rings is 9. The molecular weight excluding hydrogens is 645 g/mol. The number of hydrogen-bond acceptors (Lipinski definition) is 1. The minimum Gasteiger partial charge on any atom is -0.135 e. The predicted octanol–water partition coefficient (Wildman–Crippen LogP) is 14.8. The summed E-state index contributed by atoms with van der Waals surface area (Å²) in [5, 5.41) is 10.6. The summed E-state index contributed by atoms with van der Waals surface area (Å²) in [4.78, 5) is 0. The Balaban J connectivity index is 1.13. The Morgan fingerprint density at radius 1 is 0.385 bits per heavy atom. The SMILES string of the molecule is CC1(C)c2cc(-c3cccc(-c4c5ccccc5c(-c5ccccc5)c5ccccc45)c3)ccc2-c2c1c1ccccc1c1sc3ccccc3c21. The molecule has 1 heterocycles. The molecule has 0 saturated carbocycles. The Kier molecular flexibility index (Phi) is 6.27. The molecule has 0 aliphatic heterocycles. The first-order valence-corrected chi connectivity index (χ1v) is 19.0. The maximum atomic E-state index is 2.48. The Morgan fingerprint density at radius 2 is 0.904 bits per heavy atom. The van der Waals surface area contributed by atoms with Gasteiger partial charge in [0.2, 0.25) is 0 Å². The zero-order chi connectivity index (χ0) is 34.6. The molecule has 1 aromatic heterocycles. The number of hydrogen-bond donors (Lipinski definition) is 0. The van der Waals surface area contributed by atoms with Crippen LogP contribution in [0, 0.1) is 0 Å². The van der Waals surface area contributed by atoms with Gasteiger partial charge < -0.3 is 0 Å². The molecule has 1 aliphatic rings. The van der Waals surface area contributed by atoms with Crippen molar-refractivity contribution in [2.45, 2.75) is 19.3 Å². The normalized spacial score (nSPS) is 13.3. The lowest BCUT2D eigenvalue weighted by Gasteiger charge is -2.24. The van der Waals surface area contributed by atoms with Gasteiger partial charge in [0.1, 0.15) is 0 Å². The van der Waals surface area contributed by atoms with Crippen LogP contribution >= 0.6 is 11.3 Å². The van der Waals surface area contributed by atoms with E-state index in [1.54, 1.807) is 0 Å². The van der Waals surface area contributed by atoms with Gasteiger partial charge in [-0.2, -0.15) is 0 Å². The van der Waals surface area contributed by atoms with E-state index >= 15 is 0 Å². The number of rotatable bonds is 3. The number of thiophene rings is 1. The first-order chi connectivity index (χ1) is 25.6. The fourth-order valence-corrected chi connectivity index (χ4v) is 10.6. The van der Waals surface area contributed by atoms with Gasteiger partial charge in [-0.25, -0.2) is 0 Å². The molecule has 0 N–H and O–H groups in total. The van der Waals surface area contributed by atoms with Gasteiger partial charge in [0.15, 0.2) is 0 Å². The first-order valence-electron chi connectivity index (χ1n) is 18.2. The highest BCUT2D eigenvalue weighted by molar-refractivity contribution is 7.26. The van der Waals surface area contributed by atoms with E-state index in [1.807, 2.05) is 11.3 Å². The Labute approximate surface area is 307 Å². The van der Waals surface area contributed by atoms with Crippen molar-refractivity contribution in [2.24, 2.45) is 0 Å². The molecular formula is C51H34S. The summed E-state index contributed by atoms with van der Waals surface area (Å²) in [5.41, 5.74) is 13.1.